The van der Waals surface area contributed by atoms with Gasteiger partial charge in [0.15, 0.2) is 11.5 Å². The van der Waals surface area contributed by atoms with Crippen LogP contribution in [0.3, 0.4) is 0 Å². The summed E-state index contributed by atoms with van der Waals surface area (Å²) in [6.45, 7) is 1.10. The van der Waals surface area contributed by atoms with E-state index in [0.29, 0.717) is 12.0 Å². The minimum Gasteiger partial charge on any atom is -0.493 e. The molecule has 6 rings (SSSR count). The highest BCUT2D eigenvalue weighted by molar-refractivity contribution is 5.62. The molecule has 2 aliphatic carbocycles. The fourth-order valence-corrected chi connectivity index (χ4v) is 7.08. The molecule has 4 nitrogen and oxygen atoms in total. The molecule has 32 heavy (non-hydrogen) atoms. The molecule has 2 heterocycles. The molecular formula is C28H33NO3. The van der Waals surface area contributed by atoms with Crippen molar-refractivity contribution < 1.29 is 14.6 Å². The lowest BCUT2D eigenvalue weighted by molar-refractivity contribution is -0.0109. The highest BCUT2D eigenvalue weighted by atomic mass is 16.5. The molecule has 0 aromatic heterocycles. The van der Waals surface area contributed by atoms with Gasteiger partial charge in [-0.3, -0.25) is 0 Å². The third-order valence-electron chi connectivity index (χ3n) is 8.68. The monoisotopic (exact) mass is 431 g/mol. The Kier molecular flexibility index (Phi) is 4.85. The van der Waals surface area contributed by atoms with Gasteiger partial charge < -0.3 is 19.5 Å². The third kappa shape index (κ3) is 2.89. The maximum Gasteiger partial charge on any atom is 0.166 e. The summed E-state index contributed by atoms with van der Waals surface area (Å²) < 4.78 is 12.4. The molecule has 0 saturated carbocycles. The van der Waals surface area contributed by atoms with E-state index in [1.807, 2.05) is 0 Å². The molecule has 1 spiro atoms. The number of piperidine rings is 1. The largest absolute Gasteiger partial charge is 0.493 e. The number of rotatable bonds is 6. The van der Waals surface area contributed by atoms with Gasteiger partial charge >= 0.3 is 0 Å². The molecule has 1 fully saturated rings. The van der Waals surface area contributed by atoms with Gasteiger partial charge in [-0.2, -0.15) is 0 Å². The molecule has 0 amide bonds. The van der Waals surface area contributed by atoms with E-state index in [1.165, 1.54) is 22.3 Å². The summed E-state index contributed by atoms with van der Waals surface area (Å²) in [5.74, 6) is 2.29. The number of aryl methyl sites for hydroxylation is 1. The van der Waals surface area contributed by atoms with Crippen LogP contribution in [0.4, 0.5) is 0 Å². The Balaban J connectivity index is 1.31. The molecule has 5 atom stereocenters. The van der Waals surface area contributed by atoms with Crippen molar-refractivity contribution in [3.05, 3.63) is 70.8 Å². The Hall–Kier alpha value is -2.30. The molecule has 2 aromatic carbocycles. The van der Waals surface area contributed by atoms with E-state index >= 15 is 0 Å². The zero-order valence-electron chi connectivity index (χ0n) is 19.1. The Bertz CT molecular complexity index is 1050. The molecule has 0 radical (unpaired) electrons. The van der Waals surface area contributed by atoms with Crippen LogP contribution in [-0.2, 0) is 18.3 Å². The molecule has 1 N–H and O–H groups in total. The number of likely N-dealkylation sites (N-methyl/N-ethyl adjacent to an activating group) is 1. The molecule has 2 aliphatic heterocycles. The van der Waals surface area contributed by atoms with Crippen LogP contribution in [-0.4, -0.2) is 49.0 Å². The first kappa shape index (κ1) is 20.3. The van der Waals surface area contributed by atoms with Crippen molar-refractivity contribution in [2.75, 3.05) is 20.7 Å². The normalized spacial score (nSPS) is 30.8. The van der Waals surface area contributed by atoms with Gasteiger partial charge in [0.1, 0.15) is 6.10 Å². The predicted molar refractivity (Wildman–Crippen MR) is 125 cm³/mol. The van der Waals surface area contributed by atoms with Crippen LogP contribution in [0.2, 0.25) is 0 Å². The van der Waals surface area contributed by atoms with Crippen LogP contribution >= 0.6 is 0 Å². The molecule has 1 saturated heterocycles. The lowest BCUT2D eigenvalue weighted by atomic mass is 9.52. The zero-order chi connectivity index (χ0) is 21.9. The van der Waals surface area contributed by atoms with Crippen LogP contribution in [0.5, 0.6) is 11.5 Å². The Morgan fingerprint density at radius 3 is 2.84 bits per heavy atom. The second kappa shape index (κ2) is 7.64. The molecular weight excluding hydrogens is 398 g/mol. The number of nitrogens with zero attached hydrogens (tertiary/aromatic N) is 1. The maximum atomic E-state index is 11.2. The summed E-state index contributed by atoms with van der Waals surface area (Å²) in [6, 6.07) is 15.4. The zero-order valence-corrected chi connectivity index (χ0v) is 19.1. The minimum atomic E-state index is -0.391. The Morgan fingerprint density at radius 1 is 1.19 bits per heavy atom. The summed E-state index contributed by atoms with van der Waals surface area (Å²) in [7, 11) is 4.00. The van der Waals surface area contributed by atoms with Crippen LogP contribution < -0.4 is 9.47 Å². The average Bonchev–Trinajstić information content (AvgIpc) is 3.15. The van der Waals surface area contributed by atoms with E-state index in [9.17, 15) is 5.11 Å². The molecule has 4 heteroatoms. The number of benzene rings is 2. The molecule has 2 aromatic rings. The standard InChI is InChI=1S/C28H33NO3/c1-29-14-13-28-21-15-20(23(30)10-6-9-18-7-4-3-5-8-18)17-25(28)32-27-24(31-2)12-11-19(26(27)28)16-22(21)29/h3-5,7-8,11-12,17,21-23,25,30H,6,9-10,13-16H2,1-2H3/t21?,22?,23-,25?,28?/m1/s1. The van der Waals surface area contributed by atoms with Gasteiger partial charge in [-0.05, 0) is 86.9 Å². The summed E-state index contributed by atoms with van der Waals surface area (Å²) in [5.41, 5.74) is 5.39. The van der Waals surface area contributed by atoms with Gasteiger partial charge in [-0.25, -0.2) is 0 Å². The second-order valence-corrected chi connectivity index (χ2v) is 10.2. The van der Waals surface area contributed by atoms with Crippen molar-refractivity contribution in [3.8, 4) is 11.5 Å². The summed E-state index contributed by atoms with van der Waals surface area (Å²) in [4.78, 5) is 2.54. The van der Waals surface area contributed by atoms with Crippen molar-refractivity contribution in [1.29, 1.82) is 0 Å². The fourth-order valence-electron chi connectivity index (χ4n) is 7.08. The van der Waals surface area contributed by atoms with Crippen LogP contribution in [0.1, 0.15) is 42.4 Å². The number of aliphatic hydroxyl groups excluding tert-OH is 1. The summed E-state index contributed by atoms with van der Waals surface area (Å²) >= 11 is 0. The Labute approximate surface area is 190 Å². The predicted octanol–water partition coefficient (Wildman–Crippen LogP) is 4.28. The number of methoxy groups -OCH3 is 1. The van der Waals surface area contributed by atoms with Crippen molar-refractivity contribution in [1.82, 2.24) is 4.90 Å². The smallest absolute Gasteiger partial charge is 0.166 e. The van der Waals surface area contributed by atoms with Gasteiger partial charge in [-0.15, -0.1) is 0 Å². The van der Waals surface area contributed by atoms with Gasteiger partial charge in [0.05, 0.1) is 13.2 Å². The average molecular weight is 432 g/mol. The van der Waals surface area contributed by atoms with E-state index in [2.05, 4.69) is 60.5 Å². The van der Waals surface area contributed by atoms with Crippen molar-refractivity contribution in [2.24, 2.45) is 5.92 Å². The third-order valence-corrected chi connectivity index (χ3v) is 8.68. The highest BCUT2D eigenvalue weighted by Gasteiger charge is 2.63. The van der Waals surface area contributed by atoms with E-state index in [0.717, 1.165) is 56.6 Å². The number of hydrogen-bond donors (Lipinski definition) is 1. The molecule has 4 unspecified atom stereocenters. The van der Waals surface area contributed by atoms with Gasteiger partial charge in [0.2, 0.25) is 0 Å². The van der Waals surface area contributed by atoms with E-state index < -0.39 is 6.10 Å². The molecule has 168 valence electrons. The first-order chi connectivity index (χ1) is 15.6. The maximum absolute atomic E-state index is 11.2. The lowest BCUT2D eigenvalue weighted by Gasteiger charge is -2.57. The fraction of sp³-hybridized carbons (Fsp3) is 0.500. The quantitative estimate of drug-likeness (QED) is 0.693. The minimum absolute atomic E-state index is 0.00146. The number of likely N-dealkylation sites (tertiary alicyclic amines) is 1. The van der Waals surface area contributed by atoms with Crippen molar-refractivity contribution in [3.63, 3.8) is 0 Å². The van der Waals surface area contributed by atoms with Gasteiger partial charge in [0.25, 0.3) is 0 Å². The van der Waals surface area contributed by atoms with Crippen molar-refractivity contribution >= 4 is 0 Å². The number of ether oxygens (including phenoxy) is 2. The first-order valence-electron chi connectivity index (χ1n) is 12.1. The Morgan fingerprint density at radius 2 is 2.03 bits per heavy atom. The topological polar surface area (TPSA) is 41.9 Å². The summed E-state index contributed by atoms with van der Waals surface area (Å²) in [5, 5.41) is 11.2. The van der Waals surface area contributed by atoms with Crippen LogP contribution in [0.25, 0.3) is 0 Å². The van der Waals surface area contributed by atoms with E-state index in [1.54, 1.807) is 7.11 Å². The van der Waals surface area contributed by atoms with Gasteiger partial charge in [0, 0.05) is 17.0 Å². The summed E-state index contributed by atoms with van der Waals surface area (Å²) in [6.07, 6.45) is 7.83. The second-order valence-electron chi connectivity index (χ2n) is 10.2. The first-order valence-corrected chi connectivity index (χ1v) is 12.1. The molecule has 2 bridgehead atoms. The van der Waals surface area contributed by atoms with Crippen LogP contribution in [0, 0.1) is 5.92 Å². The van der Waals surface area contributed by atoms with E-state index in [-0.39, 0.29) is 11.5 Å². The number of aliphatic hydroxyl groups is 1. The SMILES string of the molecule is COc1ccc2c3c1OC1C=C([C@H](O)CCCc4ccccc4)CC4C(C2)N(C)CCC314. The highest BCUT2D eigenvalue weighted by Crippen LogP contribution is 2.63. The number of hydrogen-bond acceptors (Lipinski definition) is 4. The van der Waals surface area contributed by atoms with Crippen molar-refractivity contribution in [2.45, 2.75) is 62.2 Å². The van der Waals surface area contributed by atoms with E-state index in [4.69, 9.17) is 9.47 Å². The van der Waals surface area contributed by atoms with Crippen LogP contribution in [0.15, 0.2) is 54.1 Å². The lowest BCUT2D eigenvalue weighted by Crippen LogP contribution is -2.63. The van der Waals surface area contributed by atoms with Gasteiger partial charge in [-0.1, -0.05) is 36.4 Å². The molecule has 4 aliphatic rings.